The average Bonchev–Trinajstić information content (AvgIpc) is 0.683. The van der Waals surface area contributed by atoms with Gasteiger partial charge in [0.05, 0.1) is 21.8 Å². The van der Waals surface area contributed by atoms with E-state index in [2.05, 4.69) is 183 Å². The van der Waals surface area contributed by atoms with E-state index in [1.165, 1.54) is 34.9 Å². The van der Waals surface area contributed by atoms with Crippen LogP contribution in [0.3, 0.4) is 0 Å². The van der Waals surface area contributed by atoms with Crippen LogP contribution in [-0.2, 0) is 21.8 Å². The average molecular weight is 1900 g/mol. The molecule has 0 fully saturated rings. The Morgan fingerprint density at radius 3 is 0.326 bits per heavy atom. The molecule has 14 aromatic carbocycles. The summed E-state index contributed by atoms with van der Waals surface area (Å²) in [5, 5.41) is 0. The minimum Gasteiger partial charge on any atom is -0.207 e. The fourth-order valence-electron chi connectivity index (χ4n) is 14.0. The molecule has 670 valence electrons. The van der Waals surface area contributed by atoms with Crippen LogP contribution in [0.1, 0.15) is 5.56 Å². The van der Waals surface area contributed by atoms with Gasteiger partial charge in [0.2, 0.25) is 0 Å². The second-order valence-corrected chi connectivity index (χ2v) is 30.6. The van der Waals surface area contributed by atoms with E-state index in [0.29, 0.717) is 0 Å². The summed E-state index contributed by atoms with van der Waals surface area (Å²) < 4.78 is 588. The summed E-state index contributed by atoms with van der Waals surface area (Å²) in [6.45, 7) is 2.13. The number of halogens is 40. The van der Waals surface area contributed by atoms with Crippen LogP contribution in [0, 0.1) is 240 Å². The van der Waals surface area contributed by atoms with Gasteiger partial charge in [-0.1, -0.05) is 109 Å². The summed E-state index contributed by atoms with van der Waals surface area (Å²) >= 11 is 0. The van der Waals surface area contributed by atoms with Gasteiger partial charge in [-0.2, -0.15) is 0 Å². The van der Waals surface area contributed by atoms with Gasteiger partial charge in [-0.3, -0.25) is 0 Å². The number of hydrogen-bond acceptors (Lipinski definition) is 0. The molecule has 0 unspecified atom stereocenters. The first-order valence-corrected chi connectivity index (χ1v) is 37.4. The first-order valence-electron chi connectivity index (χ1n) is 35.0. The second-order valence-electron chi connectivity index (χ2n) is 26.6. The van der Waals surface area contributed by atoms with E-state index in [4.69, 9.17) is 0 Å². The Kier molecular flexibility index (Phi) is 28.4. The van der Waals surface area contributed by atoms with Crippen LogP contribution in [0.5, 0.6) is 0 Å². The van der Waals surface area contributed by atoms with E-state index in [9.17, 15) is 105 Å². The molecule has 14 rings (SSSR count). The highest BCUT2D eigenvalue weighted by Gasteiger charge is 2.55. The predicted octanol–water partition coefficient (Wildman–Crippen LogP) is 21.6. The van der Waals surface area contributed by atoms with Crippen molar-refractivity contribution in [3.8, 4) is 0 Å². The van der Waals surface area contributed by atoms with Gasteiger partial charge < -0.3 is 0 Å². The van der Waals surface area contributed by atoms with Crippen LogP contribution in [0.2, 0.25) is 0 Å². The molecule has 44 heteroatoms. The van der Waals surface area contributed by atoms with Crippen LogP contribution in [-0.4, -0.2) is 12.3 Å². The Hall–Kier alpha value is -12.9. The number of benzene rings is 14. The fourth-order valence-corrected chi connectivity index (χ4v) is 18.2. The fraction of sp³-hybridized carbons (Fsp3) is 0.0118. The zero-order valence-corrected chi connectivity index (χ0v) is 64.0. The van der Waals surface area contributed by atoms with Crippen molar-refractivity contribution in [2.75, 3.05) is 0 Å². The van der Waals surface area contributed by atoms with Crippen LogP contribution in [0.15, 0.2) is 205 Å². The van der Waals surface area contributed by atoms with Gasteiger partial charge in [-0.25, -0.2) is 176 Å². The third-order valence-corrected chi connectivity index (χ3v) is 24.0. The predicted molar refractivity (Wildman–Crippen MR) is 386 cm³/mol. The van der Waals surface area contributed by atoms with Crippen molar-refractivity contribution in [1.29, 1.82) is 0 Å². The molecular formula is C85H32B2F40S2. The Balaban J connectivity index is 0.000000178. The van der Waals surface area contributed by atoms with Crippen molar-refractivity contribution in [2.24, 2.45) is 0 Å². The molecule has 0 spiro atoms. The number of aryl methyl sites for hydroxylation is 1. The standard InChI is InChI=1S/2C24BF20.C19H17S.C18H15S/c2*26-5-1(6(27)14(35)21(42)13(5)34)25(2-7(28)15(36)22(43)16(37)8(2)29,3-9(30)17(38)23(44)18(39)10(3)31)4-11(32)19(40)24(45)20(41)12(4)33;1-16-12-14-19(15-13-16)20(17-8-4-2-5-9-17)18-10-6-3-7-11-18;1-4-10-16(11-5-1)19(17-12-6-2-7-13-17)18-14-8-3-9-15-18/h;;2-15H,1H3;1-15H/q2*-1;2*+1. The van der Waals surface area contributed by atoms with E-state index in [1.807, 2.05) is 0 Å². The lowest BCUT2D eigenvalue weighted by Gasteiger charge is -2.44. The Labute approximate surface area is 701 Å². The van der Waals surface area contributed by atoms with E-state index in [1.54, 1.807) is 0 Å². The third-order valence-electron chi connectivity index (χ3n) is 19.6. The van der Waals surface area contributed by atoms with E-state index >= 15 is 70.2 Å². The Bertz CT molecular complexity index is 5550. The zero-order chi connectivity index (χ0) is 95.4. The lowest BCUT2D eigenvalue weighted by Crippen LogP contribution is -2.81. The first-order chi connectivity index (χ1) is 60.7. The van der Waals surface area contributed by atoms with Crippen LogP contribution < -0.4 is 43.7 Å². The first kappa shape index (κ1) is 96.7. The minimum atomic E-state index is -7.22. The van der Waals surface area contributed by atoms with Crippen LogP contribution in [0.4, 0.5) is 176 Å². The summed E-state index contributed by atoms with van der Waals surface area (Å²) in [6, 6.07) is 62.5. The smallest absolute Gasteiger partial charge is 0.200 e. The van der Waals surface area contributed by atoms with Crippen molar-refractivity contribution in [2.45, 2.75) is 36.3 Å². The molecule has 0 amide bonds. The zero-order valence-electron chi connectivity index (χ0n) is 62.3. The quantitative estimate of drug-likeness (QED) is 0.0335. The lowest BCUT2D eigenvalue weighted by molar-refractivity contribution is 0.377. The van der Waals surface area contributed by atoms with Crippen molar-refractivity contribution in [1.82, 2.24) is 0 Å². The molecule has 0 atom stereocenters. The molecule has 0 N–H and O–H groups in total. The highest BCUT2D eigenvalue weighted by molar-refractivity contribution is 7.97. The van der Waals surface area contributed by atoms with Crippen molar-refractivity contribution < 1.29 is 176 Å². The molecule has 0 radical (unpaired) electrons. The maximum Gasteiger partial charge on any atom is 0.200 e. The minimum absolute atomic E-state index is 0.0146. The Morgan fingerprint density at radius 1 is 0.124 bits per heavy atom. The maximum atomic E-state index is 15.4. The summed E-state index contributed by atoms with van der Waals surface area (Å²) in [7, 11) is -0.0375. The van der Waals surface area contributed by atoms with E-state index < -0.39 is 289 Å². The van der Waals surface area contributed by atoms with Crippen LogP contribution in [0.25, 0.3) is 0 Å². The maximum absolute atomic E-state index is 15.4. The van der Waals surface area contributed by atoms with Gasteiger partial charge >= 0.3 is 0 Å². The molecular weight excluding hydrogens is 1870 g/mol. The van der Waals surface area contributed by atoms with Gasteiger partial charge in [-0.05, 0) is 79.7 Å². The van der Waals surface area contributed by atoms with Crippen molar-refractivity contribution in [3.63, 3.8) is 0 Å². The molecule has 0 aliphatic rings. The summed E-state index contributed by atoms with van der Waals surface area (Å²) in [5.41, 5.74) is -27.4. The SMILES string of the molecule is Cc1ccc([S+](c2ccccc2)c2ccccc2)cc1.Fc1c(F)c(F)c([B-](c2c(F)c(F)c(F)c(F)c2F)(c2c(F)c(F)c(F)c(F)c2F)c2c(F)c(F)c(F)c(F)c2F)c(F)c1F.Fc1c(F)c(F)c([B-](c2c(F)c(F)c(F)c(F)c2F)(c2c(F)c(F)c(F)c(F)c2F)c2c(F)c(F)c(F)c(F)c2F)c(F)c1F.c1ccc([S+](c2ccccc2)c2ccccc2)cc1. The molecule has 0 aliphatic carbocycles. The molecule has 0 saturated carbocycles. The summed E-state index contributed by atoms with van der Waals surface area (Å²) in [4.78, 5) is 8.18. The normalized spacial score (nSPS) is 11.6. The molecule has 0 aliphatic heterocycles. The van der Waals surface area contributed by atoms with Gasteiger partial charge in [0.1, 0.15) is 105 Å². The number of hydrogen-bond donors (Lipinski definition) is 0. The van der Waals surface area contributed by atoms with Crippen LogP contribution >= 0.6 is 0 Å². The largest absolute Gasteiger partial charge is 0.207 e. The van der Waals surface area contributed by atoms with Gasteiger partial charge in [0, 0.05) is 0 Å². The molecule has 0 bridgehead atoms. The molecule has 0 saturated heterocycles. The van der Waals surface area contributed by atoms with E-state index in [-0.39, 0.29) is 21.8 Å². The van der Waals surface area contributed by atoms with Gasteiger partial charge in [0.25, 0.3) is 0 Å². The van der Waals surface area contributed by atoms with Gasteiger partial charge in [-0.15, -0.1) is 43.7 Å². The van der Waals surface area contributed by atoms with Crippen molar-refractivity contribution >= 4 is 77.8 Å². The number of rotatable bonds is 14. The summed E-state index contributed by atoms with van der Waals surface area (Å²) in [6.07, 6.45) is -14.4. The molecule has 0 aromatic heterocycles. The second kappa shape index (κ2) is 37.8. The molecule has 14 aromatic rings. The highest BCUT2D eigenvalue weighted by Crippen LogP contribution is 2.38. The highest BCUT2D eigenvalue weighted by atomic mass is 32.2. The molecule has 0 heterocycles. The lowest BCUT2D eigenvalue weighted by atomic mass is 9.12. The molecule has 129 heavy (non-hydrogen) atoms. The molecule has 0 nitrogen and oxygen atoms in total. The third kappa shape index (κ3) is 16.2. The Morgan fingerprint density at radius 2 is 0.217 bits per heavy atom. The monoisotopic (exact) mass is 1900 g/mol. The van der Waals surface area contributed by atoms with E-state index in [0.717, 1.165) is 0 Å². The van der Waals surface area contributed by atoms with Crippen molar-refractivity contribution in [3.05, 3.63) is 414 Å². The van der Waals surface area contributed by atoms with Gasteiger partial charge in [0.15, 0.2) is 169 Å². The topological polar surface area (TPSA) is 0 Å². The summed E-state index contributed by atoms with van der Waals surface area (Å²) in [5.74, 6) is -143.